The van der Waals surface area contributed by atoms with Crippen LogP contribution in [0.25, 0.3) is 11.1 Å². The molecule has 1 aliphatic rings. The van der Waals surface area contributed by atoms with Gasteiger partial charge in [-0.3, -0.25) is 4.79 Å². The number of aryl methyl sites for hydroxylation is 1. The minimum Gasteiger partial charge on any atom is -0.352 e. The fraction of sp³-hybridized carbons (Fsp3) is 0.562. The molecule has 118 valence electrons. The highest BCUT2D eigenvalue weighted by molar-refractivity contribution is 5.96. The van der Waals surface area contributed by atoms with Gasteiger partial charge in [0.05, 0.1) is 16.6 Å². The van der Waals surface area contributed by atoms with Crippen LogP contribution < -0.4 is 5.32 Å². The van der Waals surface area contributed by atoms with Gasteiger partial charge in [0.15, 0.2) is 0 Å². The van der Waals surface area contributed by atoms with E-state index >= 15 is 0 Å². The number of pyridine rings is 1. The molecule has 1 saturated heterocycles. The first-order valence-electron chi connectivity index (χ1n) is 7.79. The monoisotopic (exact) mass is 302 g/mol. The molecule has 1 aliphatic heterocycles. The van der Waals surface area contributed by atoms with Crippen molar-refractivity contribution in [1.29, 1.82) is 0 Å². The number of hydrogen-bond acceptors (Lipinski definition) is 5. The summed E-state index contributed by atoms with van der Waals surface area (Å²) in [6, 6.07) is 2.36. The number of likely N-dealkylation sites (tertiary alicyclic amines) is 1. The smallest absolute Gasteiger partial charge is 0.257 e. The lowest BCUT2D eigenvalue weighted by Gasteiger charge is -2.20. The van der Waals surface area contributed by atoms with Crippen LogP contribution in [-0.2, 0) is 0 Å². The van der Waals surface area contributed by atoms with E-state index in [1.165, 1.54) is 6.20 Å². The highest BCUT2D eigenvalue weighted by Crippen LogP contribution is 2.19. The number of aromatic nitrogens is 2. The predicted molar refractivity (Wildman–Crippen MR) is 83.7 cm³/mol. The predicted octanol–water partition coefficient (Wildman–Crippen LogP) is 1.99. The van der Waals surface area contributed by atoms with E-state index in [2.05, 4.69) is 34.2 Å². The van der Waals surface area contributed by atoms with Gasteiger partial charge in [-0.25, -0.2) is 4.98 Å². The van der Waals surface area contributed by atoms with Crippen molar-refractivity contribution in [1.82, 2.24) is 20.4 Å². The van der Waals surface area contributed by atoms with Gasteiger partial charge in [0.25, 0.3) is 11.6 Å². The minimum atomic E-state index is -0.0852. The van der Waals surface area contributed by atoms with Crippen LogP contribution in [0.15, 0.2) is 16.8 Å². The first kappa shape index (κ1) is 15.0. The summed E-state index contributed by atoms with van der Waals surface area (Å²) in [6.45, 7) is 9.15. The normalized spacial score (nSPS) is 19.2. The molecule has 2 aromatic heterocycles. The van der Waals surface area contributed by atoms with Crippen molar-refractivity contribution in [3.8, 4) is 0 Å². The van der Waals surface area contributed by atoms with Gasteiger partial charge in [-0.2, -0.15) is 0 Å². The number of carbonyl (C=O) groups is 1. The molecule has 1 N–H and O–H groups in total. The summed E-state index contributed by atoms with van der Waals surface area (Å²) in [5.41, 5.74) is 1.77. The summed E-state index contributed by atoms with van der Waals surface area (Å²) in [4.78, 5) is 18.9. The molecule has 3 rings (SSSR count). The van der Waals surface area contributed by atoms with Crippen molar-refractivity contribution >= 4 is 17.0 Å². The molecule has 0 bridgehead atoms. The molecule has 0 spiro atoms. The third kappa shape index (κ3) is 2.97. The second kappa shape index (κ2) is 6.04. The number of rotatable bonds is 4. The van der Waals surface area contributed by atoms with Crippen molar-refractivity contribution in [2.24, 2.45) is 5.92 Å². The Kier molecular flexibility index (Phi) is 4.11. The first-order chi connectivity index (χ1) is 10.5. The molecule has 2 aromatic rings. The molecular weight excluding hydrogens is 280 g/mol. The number of amides is 1. The van der Waals surface area contributed by atoms with Crippen molar-refractivity contribution in [2.75, 3.05) is 19.6 Å². The fourth-order valence-corrected chi connectivity index (χ4v) is 2.91. The molecule has 6 heteroatoms. The molecular formula is C16H22N4O2. The van der Waals surface area contributed by atoms with E-state index in [1.54, 1.807) is 6.07 Å². The van der Waals surface area contributed by atoms with Crippen LogP contribution in [0, 0.1) is 12.8 Å². The average Bonchev–Trinajstić information content (AvgIpc) is 3.12. The Hall–Kier alpha value is -1.95. The zero-order valence-electron chi connectivity index (χ0n) is 13.3. The molecule has 0 aliphatic carbocycles. The summed E-state index contributed by atoms with van der Waals surface area (Å²) >= 11 is 0. The van der Waals surface area contributed by atoms with Crippen LogP contribution in [0.2, 0.25) is 0 Å². The molecule has 3 heterocycles. The maximum absolute atomic E-state index is 12.3. The topological polar surface area (TPSA) is 71.3 Å². The van der Waals surface area contributed by atoms with Crippen LogP contribution in [0.1, 0.15) is 36.3 Å². The SMILES string of the molecule is Cc1noc2ncc(C(=O)NC[C@H]3CCN(C(C)C)C3)cc12. The number of nitrogens with one attached hydrogen (secondary N) is 1. The van der Waals surface area contributed by atoms with Crippen LogP contribution >= 0.6 is 0 Å². The van der Waals surface area contributed by atoms with Crippen LogP contribution in [0.5, 0.6) is 0 Å². The van der Waals surface area contributed by atoms with Crippen molar-refractivity contribution in [3.05, 3.63) is 23.5 Å². The lowest BCUT2D eigenvalue weighted by Crippen LogP contribution is -2.33. The van der Waals surface area contributed by atoms with E-state index in [4.69, 9.17) is 4.52 Å². The molecule has 0 radical (unpaired) electrons. The lowest BCUT2D eigenvalue weighted by atomic mass is 10.1. The van der Waals surface area contributed by atoms with E-state index < -0.39 is 0 Å². The number of hydrogen-bond donors (Lipinski definition) is 1. The van der Waals surface area contributed by atoms with E-state index in [0.29, 0.717) is 29.8 Å². The van der Waals surface area contributed by atoms with Gasteiger partial charge in [0, 0.05) is 25.3 Å². The van der Waals surface area contributed by atoms with E-state index in [-0.39, 0.29) is 5.91 Å². The third-order valence-corrected chi connectivity index (χ3v) is 4.37. The number of nitrogens with zero attached hydrogens (tertiary/aromatic N) is 3. The maximum atomic E-state index is 12.3. The van der Waals surface area contributed by atoms with Crippen LogP contribution in [-0.4, -0.2) is 46.6 Å². The quantitative estimate of drug-likeness (QED) is 0.935. The standard InChI is InChI=1S/C16H22N4O2/c1-10(2)20-5-4-12(9-20)7-17-15(21)13-6-14-11(3)19-22-16(14)18-8-13/h6,8,10,12H,4-5,7,9H2,1-3H3,(H,17,21)/t12-/m1/s1. The van der Waals surface area contributed by atoms with Gasteiger partial charge in [-0.1, -0.05) is 5.16 Å². The van der Waals surface area contributed by atoms with Gasteiger partial charge in [-0.05, 0) is 45.7 Å². The summed E-state index contributed by atoms with van der Waals surface area (Å²) in [7, 11) is 0. The summed E-state index contributed by atoms with van der Waals surface area (Å²) in [5, 5.41) is 7.67. The average molecular weight is 302 g/mol. The number of fused-ring (bicyclic) bond motifs is 1. The molecule has 1 fully saturated rings. The van der Waals surface area contributed by atoms with Crippen molar-refractivity contribution < 1.29 is 9.32 Å². The van der Waals surface area contributed by atoms with E-state index in [1.807, 2.05) is 6.92 Å². The fourth-order valence-electron chi connectivity index (χ4n) is 2.91. The Bertz CT molecular complexity index is 680. The summed E-state index contributed by atoms with van der Waals surface area (Å²) in [6.07, 6.45) is 2.68. The Labute approximate surface area is 129 Å². The first-order valence-corrected chi connectivity index (χ1v) is 7.79. The van der Waals surface area contributed by atoms with E-state index in [9.17, 15) is 4.79 Å². The molecule has 1 atom stereocenters. The van der Waals surface area contributed by atoms with Crippen molar-refractivity contribution in [3.63, 3.8) is 0 Å². The molecule has 6 nitrogen and oxygen atoms in total. The largest absolute Gasteiger partial charge is 0.352 e. The van der Waals surface area contributed by atoms with E-state index in [0.717, 1.165) is 30.6 Å². The Morgan fingerprint density at radius 1 is 1.55 bits per heavy atom. The molecule has 1 amide bonds. The minimum absolute atomic E-state index is 0.0852. The highest BCUT2D eigenvalue weighted by atomic mass is 16.5. The van der Waals surface area contributed by atoms with Crippen LogP contribution in [0.4, 0.5) is 0 Å². The zero-order chi connectivity index (χ0) is 15.7. The van der Waals surface area contributed by atoms with Crippen molar-refractivity contribution in [2.45, 2.75) is 33.2 Å². The second-order valence-corrected chi connectivity index (χ2v) is 6.30. The van der Waals surface area contributed by atoms with Gasteiger partial charge >= 0.3 is 0 Å². The van der Waals surface area contributed by atoms with Crippen LogP contribution in [0.3, 0.4) is 0 Å². The summed E-state index contributed by atoms with van der Waals surface area (Å²) in [5.74, 6) is 0.443. The third-order valence-electron chi connectivity index (χ3n) is 4.37. The zero-order valence-corrected chi connectivity index (χ0v) is 13.3. The molecule has 0 unspecified atom stereocenters. The number of carbonyl (C=O) groups excluding carboxylic acids is 1. The maximum Gasteiger partial charge on any atom is 0.257 e. The molecule has 0 saturated carbocycles. The van der Waals surface area contributed by atoms with Gasteiger partial charge in [0.2, 0.25) is 0 Å². The highest BCUT2D eigenvalue weighted by Gasteiger charge is 2.24. The van der Waals surface area contributed by atoms with Gasteiger partial charge in [0.1, 0.15) is 0 Å². The van der Waals surface area contributed by atoms with Gasteiger partial charge in [-0.15, -0.1) is 0 Å². The Morgan fingerprint density at radius 2 is 2.36 bits per heavy atom. The Balaban J connectivity index is 1.60. The Morgan fingerprint density at radius 3 is 3.09 bits per heavy atom. The molecule has 0 aromatic carbocycles. The lowest BCUT2D eigenvalue weighted by molar-refractivity contribution is 0.0947. The molecule has 22 heavy (non-hydrogen) atoms. The van der Waals surface area contributed by atoms with Gasteiger partial charge < -0.3 is 14.7 Å². The second-order valence-electron chi connectivity index (χ2n) is 6.30. The summed E-state index contributed by atoms with van der Waals surface area (Å²) < 4.78 is 5.06.